The van der Waals surface area contributed by atoms with Crippen LogP contribution in [-0.4, -0.2) is 32.8 Å². The molecule has 4 rings (SSSR count). The van der Waals surface area contributed by atoms with E-state index in [1.807, 2.05) is 24.3 Å². The molecule has 0 unspecified atom stereocenters. The predicted molar refractivity (Wildman–Crippen MR) is 114 cm³/mol. The van der Waals surface area contributed by atoms with E-state index in [9.17, 15) is 19.8 Å². The summed E-state index contributed by atoms with van der Waals surface area (Å²) in [6.07, 6.45) is 0. The van der Waals surface area contributed by atoms with E-state index in [0.29, 0.717) is 27.9 Å². The number of thiazole rings is 1. The van der Waals surface area contributed by atoms with Crippen LogP contribution in [0, 0.1) is 0 Å². The van der Waals surface area contributed by atoms with Crippen molar-refractivity contribution in [2.24, 2.45) is 5.10 Å². The smallest absolute Gasteiger partial charge is 0.335 e. The Balaban J connectivity index is 1.59. The molecule has 0 aliphatic heterocycles. The molecule has 0 spiro atoms. The molecular formula is C21H15N3O5S. The number of fused-ring (bicyclic) bond motifs is 1. The van der Waals surface area contributed by atoms with Gasteiger partial charge in [0.05, 0.1) is 21.3 Å². The van der Waals surface area contributed by atoms with Gasteiger partial charge in [0, 0.05) is 5.56 Å². The molecule has 2 aromatic carbocycles. The van der Waals surface area contributed by atoms with E-state index in [-0.39, 0.29) is 11.1 Å². The van der Waals surface area contributed by atoms with E-state index in [1.165, 1.54) is 23.5 Å². The largest absolute Gasteiger partial charge is 0.478 e. The number of furan rings is 1. The Morgan fingerprint density at radius 2 is 1.73 bits per heavy atom. The molecular weight excluding hydrogens is 406 g/mol. The average Bonchev–Trinajstić information content (AvgIpc) is 3.38. The van der Waals surface area contributed by atoms with Gasteiger partial charge in [0.25, 0.3) is 0 Å². The highest BCUT2D eigenvalue weighted by Gasteiger charge is 2.15. The molecule has 2 heterocycles. The van der Waals surface area contributed by atoms with E-state index in [0.717, 1.165) is 16.3 Å². The van der Waals surface area contributed by atoms with E-state index in [2.05, 4.69) is 15.5 Å². The van der Waals surface area contributed by atoms with Crippen molar-refractivity contribution < 1.29 is 24.2 Å². The molecule has 0 bridgehead atoms. The van der Waals surface area contributed by atoms with E-state index in [1.54, 1.807) is 19.1 Å². The summed E-state index contributed by atoms with van der Waals surface area (Å²) in [5.74, 6) is -1.64. The fourth-order valence-corrected chi connectivity index (χ4v) is 3.62. The summed E-state index contributed by atoms with van der Waals surface area (Å²) in [6.45, 7) is 1.75. The molecule has 0 atom stereocenters. The Kier molecular flexibility index (Phi) is 5.03. The minimum absolute atomic E-state index is 0.134. The first-order valence-corrected chi connectivity index (χ1v) is 9.60. The summed E-state index contributed by atoms with van der Waals surface area (Å²) < 4.78 is 6.82. The molecule has 0 amide bonds. The number of rotatable bonds is 6. The second-order valence-electron chi connectivity index (χ2n) is 6.37. The van der Waals surface area contributed by atoms with Gasteiger partial charge < -0.3 is 14.6 Å². The minimum atomic E-state index is -1.22. The van der Waals surface area contributed by atoms with Crippen LogP contribution >= 0.6 is 11.3 Å². The first-order chi connectivity index (χ1) is 14.4. The quantitative estimate of drug-likeness (QED) is 0.302. The normalized spacial score (nSPS) is 11.6. The number of nitrogens with one attached hydrogen (secondary N) is 1. The standard InChI is InChI=1S/C21H15N3O5S/c1-11(23-24-21-22-15-4-2-3-5-18(15)30-21)16-6-7-17(29-16)12-8-13(19(25)26)10-14(9-12)20(27)28/h2-10H,1H3,(H,22,24)(H,25,26)(H,27,28)/b23-11+. The third-order valence-corrected chi connectivity index (χ3v) is 5.23. The van der Waals surface area contributed by atoms with Gasteiger partial charge in [-0.1, -0.05) is 23.5 Å². The zero-order valence-electron chi connectivity index (χ0n) is 15.6. The molecule has 0 aliphatic rings. The van der Waals surface area contributed by atoms with Crippen LogP contribution in [0.15, 0.2) is 64.1 Å². The van der Waals surface area contributed by atoms with Crippen molar-refractivity contribution in [2.45, 2.75) is 6.92 Å². The first kappa shape index (κ1) is 19.3. The molecule has 0 saturated carbocycles. The van der Waals surface area contributed by atoms with E-state index >= 15 is 0 Å². The lowest BCUT2D eigenvalue weighted by atomic mass is 10.0. The lowest BCUT2D eigenvalue weighted by molar-refractivity contribution is 0.0696. The second kappa shape index (κ2) is 7.80. The van der Waals surface area contributed by atoms with Gasteiger partial charge in [0.15, 0.2) is 5.76 Å². The van der Waals surface area contributed by atoms with Gasteiger partial charge >= 0.3 is 11.9 Å². The average molecular weight is 421 g/mol. The second-order valence-corrected chi connectivity index (χ2v) is 7.40. The van der Waals surface area contributed by atoms with Crippen LogP contribution in [0.3, 0.4) is 0 Å². The number of carboxylic acids is 2. The van der Waals surface area contributed by atoms with Crippen molar-refractivity contribution in [1.29, 1.82) is 0 Å². The number of para-hydroxylation sites is 1. The van der Waals surface area contributed by atoms with Gasteiger partial charge in [0.2, 0.25) is 5.13 Å². The van der Waals surface area contributed by atoms with Crippen LogP contribution in [0.2, 0.25) is 0 Å². The first-order valence-electron chi connectivity index (χ1n) is 8.79. The SMILES string of the molecule is C/C(=N\Nc1nc2ccccc2s1)c1ccc(-c2cc(C(=O)O)cc(C(=O)O)c2)o1. The summed E-state index contributed by atoms with van der Waals surface area (Å²) in [7, 11) is 0. The number of carbonyl (C=O) groups is 2. The highest BCUT2D eigenvalue weighted by molar-refractivity contribution is 7.22. The van der Waals surface area contributed by atoms with Crippen LogP contribution < -0.4 is 5.43 Å². The van der Waals surface area contributed by atoms with Crippen LogP contribution in [0.1, 0.15) is 33.4 Å². The fraction of sp³-hybridized carbons (Fsp3) is 0.0476. The number of hydrogen-bond acceptors (Lipinski definition) is 7. The van der Waals surface area contributed by atoms with Crippen molar-refractivity contribution in [3.63, 3.8) is 0 Å². The van der Waals surface area contributed by atoms with Crippen LogP contribution in [0.25, 0.3) is 21.5 Å². The highest BCUT2D eigenvalue weighted by Crippen LogP contribution is 2.27. The van der Waals surface area contributed by atoms with Gasteiger partial charge in [-0.3, -0.25) is 5.43 Å². The van der Waals surface area contributed by atoms with E-state index < -0.39 is 11.9 Å². The number of aromatic nitrogens is 1. The van der Waals surface area contributed by atoms with Crippen LogP contribution in [0.5, 0.6) is 0 Å². The third-order valence-electron chi connectivity index (χ3n) is 4.29. The fourth-order valence-electron chi connectivity index (χ4n) is 2.81. The third kappa shape index (κ3) is 3.91. The minimum Gasteiger partial charge on any atom is -0.478 e. The zero-order chi connectivity index (χ0) is 21.3. The Morgan fingerprint density at radius 3 is 2.40 bits per heavy atom. The summed E-state index contributed by atoms with van der Waals surface area (Å²) in [4.78, 5) is 27.0. The molecule has 0 radical (unpaired) electrons. The number of aromatic carboxylic acids is 2. The van der Waals surface area contributed by atoms with Gasteiger partial charge in [-0.25, -0.2) is 14.6 Å². The number of hydrogen-bond donors (Lipinski definition) is 3. The number of anilines is 1. The summed E-state index contributed by atoms with van der Waals surface area (Å²) in [6, 6.07) is 14.9. The molecule has 0 aliphatic carbocycles. The predicted octanol–water partition coefficient (Wildman–Crippen LogP) is 4.79. The molecule has 2 aromatic heterocycles. The van der Waals surface area contributed by atoms with Crippen LogP contribution in [-0.2, 0) is 0 Å². The maximum absolute atomic E-state index is 11.3. The maximum atomic E-state index is 11.3. The van der Waals surface area contributed by atoms with Crippen LogP contribution in [0.4, 0.5) is 5.13 Å². The van der Waals surface area contributed by atoms with Gasteiger partial charge in [0.1, 0.15) is 11.5 Å². The topological polar surface area (TPSA) is 125 Å². The number of benzene rings is 2. The number of carboxylic acid groups (broad SMARTS) is 2. The van der Waals surface area contributed by atoms with Gasteiger partial charge in [-0.2, -0.15) is 5.10 Å². The Hall–Kier alpha value is -3.98. The molecule has 30 heavy (non-hydrogen) atoms. The molecule has 4 aromatic rings. The van der Waals surface area contributed by atoms with Crippen molar-refractivity contribution in [1.82, 2.24) is 4.98 Å². The molecule has 8 nitrogen and oxygen atoms in total. The molecule has 0 saturated heterocycles. The van der Waals surface area contributed by atoms with Crippen molar-refractivity contribution in [2.75, 3.05) is 5.43 Å². The highest BCUT2D eigenvalue weighted by atomic mass is 32.1. The number of nitrogens with zero attached hydrogens (tertiary/aromatic N) is 2. The van der Waals surface area contributed by atoms with Crippen molar-refractivity contribution in [3.05, 3.63) is 71.5 Å². The van der Waals surface area contributed by atoms with Gasteiger partial charge in [-0.05, 0) is 49.4 Å². The molecule has 3 N–H and O–H groups in total. The van der Waals surface area contributed by atoms with Gasteiger partial charge in [-0.15, -0.1) is 0 Å². The molecule has 0 fully saturated rings. The lowest BCUT2D eigenvalue weighted by Crippen LogP contribution is -2.02. The Labute approximate surface area is 174 Å². The van der Waals surface area contributed by atoms with Crippen molar-refractivity contribution >= 4 is 44.3 Å². The summed E-state index contributed by atoms with van der Waals surface area (Å²) in [5, 5.41) is 23.4. The van der Waals surface area contributed by atoms with E-state index in [4.69, 9.17) is 4.42 Å². The molecule has 150 valence electrons. The maximum Gasteiger partial charge on any atom is 0.335 e. The summed E-state index contributed by atoms with van der Waals surface area (Å²) in [5.41, 5.74) is 4.42. The van der Waals surface area contributed by atoms with Crippen molar-refractivity contribution in [3.8, 4) is 11.3 Å². The lowest BCUT2D eigenvalue weighted by Gasteiger charge is -2.03. The monoisotopic (exact) mass is 421 g/mol. The Bertz CT molecular complexity index is 1240. The zero-order valence-corrected chi connectivity index (χ0v) is 16.4. The Morgan fingerprint density at radius 1 is 1.03 bits per heavy atom. The summed E-state index contributed by atoms with van der Waals surface area (Å²) >= 11 is 1.47. The molecule has 9 heteroatoms. The number of hydrazone groups is 1.